The van der Waals surface area contributed by atoms with Crippen molar-refractivity contribution in [2.45, 2.75) is 0 Å². The van der Waals surface area contributed by atoms with E-state index < -0.39 is 185 Å². The summed E-state index contributed by atoms with van der Waals surface area (Å²) in [6.07, 6.45) is -9.41. The highest BCUT2D eigenvalue weighted by Crippen LogP contribution is 2.44. The molecule has 0 amide bonds. The number of rotatable bonds is 34. The van der Waals surface area contributed by atoms with Crippen molar-refractivity contribution in [1.29, 1.82) is 0 Å². The summed E-state index contributed by atoms with van der Waals surface area (Å²) in [6.45, 7) is -5.89. The molecule has 0 bridgehead atoms. The van der Waals surface area contributed by atoms with Crippen molar-refractivity contribution >= 4 is 69.0 Å². The third-order valence-electron chi connectivity index (χ3n) is 6.73. The van der Waals surface area contributed by atoms with Crippen LogP contribution in [0.15, 0.2) is 0 Å². The van der Waals surface area contributed by atoms with E-state index in [-0.39, 0.29) is 0 Å². The molecule has 0 aliphatic rings. The van der Waals surface area contributed by atoms with Crippen LogP contribution in [-0.2, 0) is 50.1 Å². The molecule has 0 atom stereocenters. The standard InChI is InChI=1S/C18H53N6O27P9/c25-52(50-9-19(1-5-21(11-53(26,27)28)12-54(29,30)31)2-6-22(13-55(32,33)34)14-56(35,36)37)51-10-20(3-7-23(15-57(38,39)40)16-58(41,42)43)4-8-24(17-59(44,45)46)18-60(47,48)49/h52H,1-18H2,(H2,26,27,28)(H2,29,30,31)(H2,32,33,34)(H2,35,36,37)(H2,38,39,40)(H2,41,42,43)(H2,44,45,46)(H2,47,48,49). The Balaban J connectivity index is 6.35. The zero-order chi connectivity index (χ0) is 47.2. The maximum Gasteiger partial charge on any atom is 0.339 e. The lowest BCUT2D eigenvalue weighted by Gasteiger charge is -2.31. The fraction of sp³-hybridized carbons (Fsp3) is 1.00. The molecule has 362 valence electrons. The lowest BCUT2D eigenvalue weighted by molar-refractivity contribution is 0.0669. The topological polar surface area (TPSA) is 515 Å². The molecule has 16 N–H and O–H groups in total. The van der Waals surface area contributed by atoms with Crippen LogP contribution < -0.4 is 0 Å². The zero-order valence-electron chi connectivity index (χ0n) is 31.1. The van der Waals surface area contributed by atoms with Gasteiger partial charge in [0, 0.05) is 52.4 Å². The predicted octanol–water partition coefficient (Wildman–Crippen LogP) is -3.78. The smallest absolute Gasteiger partial charge is 0.324 e. The van der Waals surface area contributed by atoms with Crippen LogP contribution in [0.5, 0.6) is 0 Å². The lowest BCUT2D eigenvalue weighted by Crippen LogP contribution is -2.41. The molecular formula is C18H53N6O27P9. The molecule has 0 aromatic heterocycles. The van der Waals surface area contributed by atoms with Crippen molar-refractivity contribution in [3.63, 3.8) is 0 Å². The molecule has 0 aliphatic carbocycles. The molecule has 0 aliphatic heterocycles. The van der Waals surface area contributed by atoms with E-state index in [2.05, 4.69) is 0 Å². The van der Waals surface area contributed by atoms with Crippen molar-refractivity contribution < 1.29 is 128 Å². The van der Waals surface area contributed by atoms with Crippen LogP contribution in [0.3, 0.4) is 0 Å². The first kappa shape index (κ1) is 61.1. The van der Waals surface area contributed by atoms with E-state index in [0.717, 1.165) is 9.80 Å². The van der Waals surface area contributed by atoms with E-state index in [0.29, 0.717) is 19.6 Å². The summed E-state index contributed by atoms with van der Waals surface area (Å²) in [4.78, 5) is 155. The van der Waals surface area contributed by atoms with Crippen LogP contribution in [0.25, 0.3) is 0 Å². The molecular weight excluding hydrogens is 1010 g/mol. The summed E-state index contributed by atoms with van der Waals surface area (Å²) in [5.41, 5.74) is 0. The van der Waals surface area contributed by atoms with E-state index in [1.165, 1.54) is 0 Å². The van der Waals surface area contributed by atoms with Crippen LogP contribution in [0.2, 0.25) is 0 Å². The van der Waals surface area contributed by atoms with Crippen LogP contribution in [0, 0.1) is 0 Å². The van der Waals surface area contributed by atoms with Gasteiger partial charge in [-0.25, -0.2) is 0 Å². The van der Waals surface area contributed by atoms with Gasteiger partial charge in [0.05, 0.1) is 0 Å². The highest BCUT2D eigenvalue weighted by Gasteiger charge is 2.31. The molecule has 0 rings (SSSR count). The van der Waals surface area contributed by atoms with Crippen molar-refractivity contribution in [2.24, 2.45) is 0 Å². The first-order chi connectivity index (χ1) is 26.6. The van der Waals surface area contributed by atoms with Gasteiger partial charge in [-0.15, -0.1) is 0 Å². The van der Waals surface area contributed by atoms with Crippen LogP contribution in [-0.4, -0.2) is 224 Å². The van der Waals surface area contributed by atoms with E-state index in [4.69, 9.17) is 9.05 Å². The van der Waals surface area contributed by atoms with Gasteiger partial charge in [-0.05, 0) is 0 Å². The maximum absolute atomic E-state index is 12.9. The third-order valence-corrected chi connectivity index (χ3v) is 13.6. The molecule has 0 saturated heterocycles. The maximum atomic E-state index is 12.9. The van der Waals surface area contributed by atoms with Crippen molar-refractivity contribution in [3.8, 4) is 0 Å². The second-order valence-electron chi connectivity index (χ2n) is 13.1. The van der Waals surface area contributed by atoms with E-state index >= 15 is 0 Å². The fourth-order valence-electron chi connectivity index (χ4n) is 4.77. The number of hydrogen-bond donors (Lipinski definition) is 16. The van der Waals surface area contributed by atoms with Gasteiger partial charge >= 0.3 is 69.0 Å². The highest BCUT2D eigenvalue weighted by molar-refractivity contribution is 7.54. The lowest BCUT2D eigenvalue weighted by atomic mass is 10.4. The van der Waals surface area contributed by atoms with Gasteiger partial charge in [-0.2, -0.15) is 0 Å². The Hall–Kier alpha value is 1.11. The molecule has 0 aromatic rings. The zero-order valence-corrected chi connectivity index (χ0v) is 39.3. The minimum Gasteiger partial charge on any atom is -0.324 e. The van der Waals surface area contributed by atoms with Crippen molar-refractivity contribution in [2.75, 3.05) is 116 Å². The molecule has 0 saturated carbocycles. The van der Waals surface area contributed by atoms with Gasteiger partial charge in [0.1, 0.15) is 63.7 Å². The molecule has 0 spiro atoms. The van der Waals surface area contributed by atoms with E-state index in [1.807, 2.05) is 0 Å². The van der Waals surface area contributed by atoms with Gasteiger partial charge < -0.3 is 78.3 Å². The van der Waals surface area contributed by atoms with Gasteiger partial charge in [-0.3, -0.25) is 79.5 Å². The number of hydrogen-bond acceptors (Lipinski definition) is 17. The SMILES string of the molecule is O=[PH](OCN(CCN(CP(=O)(O)O)CP(=O)(O)O)CCN(CP(=O)(O)O)CP(=O)(O)O)OCN(CCN(CP(=O)(O)O)CP(=O)(O)O)CCN(CP(=O)(O)O)CP(=O)(O)O. The first-order valence-electron chi connectivity index (χ1n) is 16.1. The molecule has 0 aromatic carbocycles. The normalized spacial score (nSPS) is 14.7. The van der Waals surface area contributed by atoms with Gasteiger partial charge in [-0.1, -0.05) is 0 Å². The van der Waals surface area contributed by atoms with Crippen molar-refractivity contribution in [3.05, 3.63) is 0 Å². The van der Waals surface area contributed by atoms with Crippen molar-refractivity contribution in [1.82, 2.24) is 29.4 Å². The Morgan fingerprint density at radius 2 is 0.417 bits per heavy atom. The third kappa shape index (κ3) is 39.5. The molecule has 42 heteroatoms. The summed E-state index contributed by atoms with van der Waals surface area (Å²) in [5, 5.41) is 0. The van der Waals surface area contributed by atoms with E-state index in [1.54, 1.807) is 0 Å². The van der Waals surface area contributed by atoms with Gasteiger partial charge in [0.15, 0.2) is 0 Å². The summed E-state index contributed by atoms with van der Waals surface area (Å²) >= 11 is 0. The molecule has 33 nitrogen and oxygen atoms in total. The fourth-order valence-corrected chi connectivity index (χ4v) is 12.2. The monoisotopic (exact) mass is 1060 g/mol. The average Bonchev–Trinajstić information content (AvgIpc) is 2.93. The Labute approximate surface area is 342 Å². The molecule has 60 heavy (non-hydrogen) atoms. The van der Waals surface area contributed by atoms with Gasteiger partial charge in [0.2, 0.25) is 0 Å². The quantitative estimate of drug-likeness (QED) is 0.0217. The Kier molecular flexibility index (Phi) is 26.3. The van der Waals surface area contributed by atoms with Crippen LogP contribution in [0.4, 0.5) is 0 Å². The minimum absolute atomic E-state index is 0.481. The summed E-state index contributed by atoms with van der Waals surface area (Å²) < 4.78 is 116. The Morgan fingerprint density at radius 3 is 0.550 bits per heavy atom. The van der Waals surface area contributed by atoms with E-state index in [9.17, 15) is 119 Å². The Morgan fingerprint density at radius 1 is 0.283 bits per heavy atom. The van der Waals surface area contributed by atoms with Gasteiger partial charge in [0.25, 0.3) is 0 Å². The number of nitrogens with zero attached hydrogens (tertiary/aromatic N) is 6. The second-order valence-corrected chi connectivity index (χ2v) is 27.0. The highest BCUT2D eigenvalue weighted by atomic mass is 31.2. The molecule has 0 radical (unpaired) electrons. The Bertz CT molecular complexity index is 1400. The molecule has 0 unspecified atom stereocenters. The molecule has 0 heterocycles. The second kappa shape index (κ2) is 25.9. The molecule has 0 fully saturated rings. The minimum atomic E-state index is -4.94. The summed E-state index contributed by atoms with van der Waals surface area (Å²) in [5.74, 6) is 0. The predicted molar refractivity (Wildman–Crippen MR) is 206 cm³/mol. The first-order valence-corrected chi connectivity index (χ1v) is 31.7. The van der Waals surface area contributed by atoms with Crippen LogP contribution >= 0.6 is 69.0 Å². The van der Waals surface area contributed by atoms with Crippen LogP contribution in [0.1, 0.15) is 0 Å². The largest absolute Gasteiger partial charge is 0.339 e. The summed E-state index contributed by atoms with van der Waals surface area (Å²) in [7, 11) is -43.3. The summed E-state index contributed by atoms with van der Waals surface area (Å²) in [6, 6.07) is 0. The average molecular weight is 1060 g/mol.